The van der Waals surface area contributed by atoms with Gasteiger partial charge in [-0.15, -0.1) is 0 Å². The number of rotatable bonds is 6. The minimum Gasteiger partial charge on any atom is -0.497 e. The van der Waals surface area contributed by atoms with Gasteiger partial charge in [-0.2, -0.15) is 0 Å². The Bertz CT molecular complexity index is 1400. The van der Waals surface area contributed by atoms with Crippen LogP contribution < -0.4 is 14.8 Å². The summed E-state index contributed by atoms with van der Waals surface area (Å²) in [7, 11) is 3.21. The van der Waals surface area contributed by atoms with Crippen molar-refractivity contribution >= 4 is 17.5 Å². The first-order valence-electron chi connectivity index (χ1n) is 11.7. The Balaban J connectivity index is 1.60. The number of hydrogen-bond donors (Lipinski definition) is 1. The molecule has 0 bridgehead atoms. The molecule has 0 aromatic heterocycles. The van der Waals surface area contributed by atoms with Gasteiger partial charge in [0.05, 0.1) is 14.2 Å². The van der Waals surface area contributed by atoms with Crippen molar-refractivity contribution < 1.29 is 19.1 Å². The Kier molecular flexibility index (Phi) is 6.41. The number of carbonyl (C=O) groups is 2. The highest BCUT2D eigenvalue weighted by Gasteiger charge is 2.37. The monoisotopic (exact) mass is 478 g/mol. The van der Waals surface area contributed by atoms with Gasteiger partial charge in [0.15, 0.2) is 0 Å². The number of ether oxygens (including phenoxy) is 2. The van der Waals surface area contributed by atoms with Crippen LogP contribution in [0.5, 0.6) is 11.5 Å². The van der Waals surface area contributed by atoms with Crippen LogP contribution in [-0.4, -0.2) is 30.9 Å². The summed E-state index contributed by atoms with van der Waals surface area (Å²) in [6.45, 7) is 0.256. The Morgan fingerprint density at radius 2 is 1.31 bits per heavy atom. The number of carbonyl (C=O) groups excluding carboxylic acids is 2. The number of nitrogens with zero attached hydrogens (tertiary/aromatic N) is 1. The summed E-state index contributed by atoms with van der Waals surface area (Å²) >= 11 is 0. The minimum absolute atomic E-state index is 0.201. The highest BCUT2D eigenvalue weighted by atomic mass is 16.5. The van der Waals surface area contributed by atoms with Gasteiger partial charge in [-0.25, -0.2) is 0 Å². The largest absolute Gasteiger partial charge is 0.497 e. The molecule has 0 aliphatic carbocycles. The third-order valence-electron chi connectivity index (χ3n) is 6.39. The zero-order valence-electron chi connectivity index (χ0n) is 20.1. The SMILES string of the molecule is COc1ccc(CN2C(=O)c3ccccc3-c3ccccc3C2C(=O)Nc2ccc(OC)cc2)cc1. The van der Waals surface area contributed by atoms with Gasteiger partial charge >= 0.3 is 0 Å². The van der Waals surface area contributed by atoms with E-state index in [1.54, 1.807) is 43.4 Å². The van der Waals surface area contributed by atoms with Crippen LogP contribution >= 0.6 is 0 Å². The predicted octanol–water partition coefficient (Wildman–Crippen LogP) is 5.71. The molecule has 0 fully saturated rings. The molecule has 1 N–H and O–H groups in total. The second kappa shape index (κ2) is 9.96. The third-order valence-corrected chi connectivity index (χ3v) is 6.39. The first-order valence-corrected chi connectivity index (χ1v) is 11.7. The fourth-order valence-electron chi connectivity index (χ4n) is 4.58. The Hall–Kier alpha value is -4.58. The van der Waals surface area contributed by atoms with Gasteiger partial charge in [0.1, 0.15) is 17.5 Å². The number of anilines is 1. The highest BCUT2D eigenvalue weighted by molar-refractivity contribution is 6.07. The van der Waals surface area contributed by atoms with Crippen molar-refractivity contribution in [3.63, 3.8) is 0 Å². The topological polar surface area (TPSA) is 67.9 Å². The fourth-order valence-corrected chi connectivity index (χ4v) is 4.58. The summed E-state index contributed by atoms with van der Waals surface area (Å²) in [5, 5.41) is 3.00. The smallest absolute Gasteiger partial charge is 0.255 e. The average Bonchev–Trinajstić information content (AvgIpc) is 3.03. The molecular formula is C30H26N2O4. The second-order valence-corrected chi connectivity index (χ2v) is 8.53. The molecule has 2 amide bonds. The summed E-state index contributed by atoms with van der Waals surface area (Å²) in [5.74, 6) is 0.930. The van der Waals surface area contributed by atoms with Crippen molar-refractivity contribution in [1.82, 2.24) is 4.90 Å². The summed E-state index contributed by atoms with van der Waals surface area (Å²) in [6.07, 6.45) is 0. The molecule has 5 rings (SSSR count). The van der Waals surface area contributed by atoms with Crippen LogP contribution in [0.2, 0.25) is 0 Å². The molecule has 1 unspecified atom stereocenters. The number of benzene rings is 4. The molecule has 0 saturated heterocycles. The molecular weight excluding hydrogens is 452 g/mol. The lowest BCUT2D eigenvalue weighted by atomic mass is 9.93. The summed E-state index contributed by atoms with van der Waals surface area (Å²) in [5.41, 5.74) is 4.54. The summed E-state index contributed by atoms with van der Waals surface area (Å²) in [6, 6.07) is 29.0. The van der Waals surface area contributed by atoms with E-state index in [2.05, 4.69) is 5.32 Å². The van der Waals surface area contributed by atoms with E-state index in [4.69, 9.17) is 9.47 Å². The normalized spacial score (nSPS) is 14.3. The van der Waals surface area contributed by atoms with E-state index in [-0.39, 0.29) is 18.4 Å². The number of fused-ring (bicyclic) bond motifs is 3. The van der Waals surface area contributed by atoms with E-state index in [0.29, 0.717) is 17.0 Å². The van der Waals surface area contributed by atoms with Gasteiger partial charge in [0.2, 0.25) is 0 Å². The van der Waals surface area contributed by atoms with E-state index in [9.17, 15) is 9.59 Å². The summed E-state index contributed by atoms with van der Waals surface area (Å²) in [4.78, 5) is 29.5. The van der Waals surface area contributed by atoms with Crippen LogP contribution in [0.1, 0.15) is 27.5 Å². The van der Waals surface area contributed by atoms with Crippen molar-refractivity contribution in [2.75, 3.05) is 19.5 Å². The minimum atomic E-state index is -0.842. The van der Waals surface area contributed by atoms with E-state index < -0.39 is 6.04 Å². The van der Waals surface area contributed by atoms with Crippen molar-refractivity contribution in [3.05, 3.63) is 114 Å². The van der Waals surface area contributed by atoms with Crippen LogP contribution in [0.25, 0.3) is 11.1 Å². The zero-order valence-corrected chi connectivity index (χ0v) is 20.1. The quantitative estimate of drug-likeness (QED) is 0.386. The van der Waals surface area contributed by atoms with Crippen LogP contribution in [-0.2, 0) is 11.3 Å². The molecule has 1 heterocycles. The lowest BCUT2D eigenvalue weighted by Crippen LogP contribution is -2.40. The molecule has 0 saturated carbocycles. The van der Waals surface area contributed by atoms with Crippen LogP contribution in [0, 0.1) is 0 Å². The molecule has 6 heteroatoms. The molecule has 1 atom stereocenters. The van der Waals surface area contributed by atoms with Crippen LogP contribution in [0.3, 0.4) is 0 Å². The molecule has 36 heavy (non-hydrogen) atoms. The summed E-state index contributed by atoms with van der Waals surface area (Å²) < 4.78 is 10.5. The molecule has 4 aromatic rings. The third kappa shape index (κ3) is 4.41. The number of amides is 2. The fraction of sp³-hybridized carbons (Fsp3) is 0.133. The van der Waals surface area contributed by atoms with E-state index in [1.165, 1.54) is 0 Å². The number of nitrogens with one attached hydrogen (secondary N) is 1. The van der Waals surface area contributed by atoms with Gasteiger partial charge in [-0.3, -0.25) is 9.59 Å². The molecule has 4 aromatic carbocycles. The Morgan fingerprint density at radius 1 is 0.750 bits per heavy atom. The first-order chi connectivity index (χ1) is 17.6. The van der Waals surface area contributed by atoms with Crippen molar-refractivity contribution in [1.29, 1.82) is 0 Å². The van der Waals surface area contributed by atoms with E-state index in [0.717, 1.165) is 28.0 Å². The molecule has 0 spiro atoms. The highest BCUT2D eigenvalue weighted by Crippen LogP contribution is 2.39. The molecule has 180 valence electrons. The maximum atomic E-state index is 14.0. The van der Waals surface area contributed by atoms with Crippen LogP contribution in [0.15, 0.2) is 97.1 Å². The van der Waals surface area contributed by atoms with Crippen molar-refractivity contribution in [2.45, 2.75) is 12.6 Å². The number of hydrogen-bond acceptors (Lipinski definition) is 4. The van der Waals surface area contributed by atoms with Gasteiger partial charge in [0, 0.05) is 17.8 Å². The molecule has 0 radical (unpaired) electrons. The van der Waals surface area contributed by atoms with Gasteiger partial charge < -0.3 is 19.7 Å². The standard InChI is InChI=1S/C30H26N2O4/c1-35-22-15-11-20(12-16-22)19-32-28(29(33)31-21-13-17-23(36-2)18-14-21)26-9-5-3-7-24(26)25-8-4-6-10-27(25)30(32)34/h3-18,28H,19H2,1-2H3,(H,31,33). The van der Waals surface area contributed by atoms with Gasteiger partial charge in [-0.05, 0) is 64.7 Å². The lowest BCUT2D eigenvalue weighted by molar-refractivity contribution is -0.120. The Morgan fingerprint density at radius 3 is 1.94 bits per heavy atom. The van der Waals surface area contributed by atoms with Crippen LogP contribution in [0.4, 0.5) is 5.69 Å². The van der Waals surface area contributed by atoms with Gasteiger partial charge in [0.25, 0.3) is 11.8 Å². The molecule has 6 nitrogen and oxygen atoms in total. The predicted molar refractivity (Wildman–Crippen MR) is 139 cm³/mol. The lowest BCUT2D eigenvalue weighted by Gasteiger charge is -2.30. The van der Waals surface area contributed by atoms with E-state index >= 15 is 0 Å². The average molecular weight is 479 g/mol. The van der Waals surface area contributed by atoms with Gasteiger partial charge in [-0.1, -0.05) is 54.6 Å². The van der Waals surface area contributed by atoms with Crippen molar-refractivity contribution in [3.8, 4) is 22.6 Å². The number of methoxy groups -OCH3 is 2. The first kappa shape index (κ1) is 23.2. The van der Waals surface area contributed by atoms with Crippen molar-refractivity contribution in [2.24, 2.45) is 0 Å². The molecule has 1 aliphatic rings. The maximum Gasteiger partial charge on any atom is 0.255 e. The maximum absolute atomic E-state index is 14.0. The Labute approximate surface area is 210 Å². The van der Waals surface area contributed by atoms with E-state index in [1.807, 2.05) is 72.8 Å². The second-order valence-electron chi connectivity index (χ2n) is 8.53. The zero-order chi connectivity index (χ0) is 25.1. The molecule has 1 aliphatic heterocycles.